The van der Waals surface area contributed by atoms with Crippen molar-refractivity contribution in [2.75, 3.05) is 13.7 Å². The number of methoxy groups -OCH3 is 1. The van der Waals surface area contributed by atoms with Gasteiger partial charge < -0.3 is 10.5 Å². The standard InChI is InChI=1S/C13H18FNO/c1-16-12-4-2-3-10(7-12)8-13(14,9-15)11-5-6-11/h2-4,7,11H,5-6,8-9,15H2,1H3. The van der Waals surface area contributed by atoms with Crippen molar-refractivity contribution in [3.63, 3.8) is 0 Å². The summed E-state index contributed by atoms with van der Waals surface area (Å²) in [7, 11) is 1.62. The van der Waals surface area contributed by atoms with E-state index >= 15 is 0 Å². The zero-order valence-electron chi connectivity index (χ0n) is 9.58. The molecule has 1 aromatic carbocycles. The molecule has 1 aliphatic rings. The van der Waals surface area contributed by atoms with Crippen molar-refractivity contribution in [2.24, 2.45) is 11.7 Å². The topological polar surface area (TPSA) is 35.2 Å². The van der Waals surface area contributed by atoms with Crippen LogP contribution in [0.2, 0.25) is 0 Å². The van der Waals surface area contributed by atoms with Gasteiger partial charge in [0.2, 0.25) is 0 Å². The van der Waals surface area contributed by atoms with Crippen LogP contribution in [-0.4, -0.2) is 19.3 Å². The van der Waals surface area contributed by atoms with Gasteiger partial charge in [0.15, 0.2) is 0 Å². The van der Waals surface area contributed by atoms with Gasteiger partial charge in [-0.2, -0.15) is 0 Å². The predicted octanol–water partition coefficient (Wildman–Crippen LogP) is 2.31. The average molecular weight is 223 g/mol. The van der Waals surface area contributed by atoms with Gasteiger partial charge in [0.05, 0.1) is 7.11 Å². The second-order valence-electron chi connectivity index (χ2n) is 4.54. The molecule has 0 bridgehead atoms. The van der Waals surface area contributed by atoms with Gasteiger partial charge in [-0.15, -0.1) is 0 Å². The summed E-state index contributed by atoms with van der Waals surface area (Å²) in [4.78, 5) is 0. The van der Waals surface area contributed by atoms with Crippen LogP contribution in [0.1, 0.15) is 18.4 Å². The molecule has 1 aliphatic carbocycles. The van der Waals surface area contributed by atoms with Gasteiger partial charge in [-0.3, -0.25) is 0 Å². The third-order valence-corrected chi connectivity index (χ3v) is 3.28. The van der Waals surface area contributed by atoms with Gasteiger partial charge in [-0.25, -0.2) is 4.39 Å². The first kappa shape index (κ1) is 11.4. The molecule has 2 N–H and O–H groups in total. The first-order valence-corrected chi connectivity index (χ1v) is 5.70. The third-order valence-electron chi connectivity index (χ3n) is 3.28. The Morgan fingerprint density at radius 1 is 1.50 bits per heavy atom. The summed E-state index contributed by atoms with van der Waals surface area (Å²) in [6.45, 7) is 0.106. The molecule has 16 heavy (non-hydrogen) atoms. The normalized spacial score (nSPS) is 19.2. The highest BCUT2D eigenvalue weighted by Crippen LogP contribution is 2.43. The number of rotatable bonds is 5. The number of hydrogen-bond donors (Lipinski definition) is 1. The third kappa shape index (κ3) is 2.35. The predicted molar refractivity (Wildman–Crippen MR) is 62.3 cm³/mol. The fourth-order valence-electron chi connectivity index (χ4n) is 2.11. The molecule has 1 saturated carbocycles. The zero-order valence-corrected chi connectivity index (χ0v) is 9.58. The van der Waals surface area contributed by atoms with E-state index in [-0.39, 0.29) is 12.5 Å². The van der Waals surface area contributed by atoms with Crippen molar-refractivity contribution >= 4 is 0 Å². The zero-order chi connectivity index (χ0) is 11.6. The van der Waals surface area contributed by atoms with E-state index < -0.39 is 5.67 Å². The van der Waals surface area contributed by atoms with Crippen LogP contribution in [0.3, 0.4) is 0 Å². The average Bonchev–Trinajstić information content (AvgIpc) is 3.13. The molecular formula is C13H18FNO. The van der Waals surface area contributed by atoms with Gasteiger partial charge in [-0.05, 0) is 36.5 Å². The maximum absolute atomic E-state index is 14.5. The molecule has 0 spiro atoms. The van der Waals surface area contributed by atoms with Crippen LogP contribution < -0.4 is 10.5 Å². The fourth-order valence-corrected chi connectivity index (χ4v) is 2.11. The van der Waals surface area contributed by atoms with Gasteiger partial charge in [-0.1, -0.05) is 12.1 Å². The van der Waals surface area contributed by atoms with Crippen molar-refractivity contribution < 1.29 is 9.13 Å². The summed E-state index contributed by atoms with van der Waals surface area (Å²) >= 11 is 0. The first-order valence-electron chi connectivity index (χ1n) is 5.70. The molecule has 0 aliphatic heterocycles. The monoisotopic (exact) mass is 223 g/mol. The number of hydrogen-bond acceptors (Lipinski definition) is 2. The van der Waals surface area contributed by atoms with E-state index in [2.05, 4.69) is 0 Å². The number of nitrogens with two attached hydrogens (primary N) is 1. The molecule has 0 radical (unpaired) electrons. The Morgan fingerprint density at radius 2 is 2.25 bits per heavy atom. The molecule has 2 rings (SSSR count). The van der Waals surface area contributed by atoms with Crippen LogP contribution >= 0.6 is 0 Å². The van der Waals surface area contributed by atoms with Crippen LogP contribution in [0, 0.1) is 5.92 Å². The lowest BCUT2D eigenvalue weighted by atomic mass is 9.91. The fraction of sp³-hybridized carbons (Fsp3) is 0.538. The molecule has 2 nitrogen and oxygen atoms in total. The molecule has 0 heterocycles. The Hall–Kier alpha value is -1.09. The quantitative estimate of drug-likeness (QED) is 0.831. The SMILES string of the molecule is COc1cccc(CC(F)(CN)C2CC2)c1. The highest BCUT2D eigenvalue weighted by atomic mass is 19.1. The van der Waals surface area contributed by atoms with Crippen LogP contribution in [0.5, 0.6) is 5.75 Å². The second kappa shape index (κ2) is 4.42. The van der Waals surface area contributed by atoms with Crippen molar-refractivity contribution in [3.8, 4) is 5.75 Å². The minimum absolute atomic E-state index is 0.106. The van der Waals surface area contributed by atoms with Gasteiger partial charge in [0.1, 0.15) is 11.4 Å². The Labute approximate surface area is 95.6 Å². The molecule has 1 unspecified atom stereocenters. The smallest absolute Gasteiger partial charge is 0.130 e. The summed E-state index contributed by atoms with van der Waals surface area (Å²) in [6.07, 6.45) is 2.33. The van der Waals surface area contributed by atoms with Gasteiger partial charge in [0, 0.05) is 13.0 Å². The van der Waals surface area contributed by atoms with Crippen LogP contribution in [-0.2, 0) is 6.42 Å². The van der Waals surface area contributed by atoms with Crippen LogP contribution in [0.15, 0.2) is 24.3 Å². The Morgan fingerprint density at radius 3 is 2.81 bits per heavy atom. The summed E-state index contributed by atoms with van der Waals surface area (Å²) in [5.41, 5.74) is 5.29. The second-order valence-corrected chi connectivity index (χ2v) is 4.54. The molecule has 1 fully saturated rings. The minimum atomic E-state index is -1.23. The van der Waals surface area contributed by atoms with E-state index in [4.69, 9.17) is 10.5 Å². The summed E-state index contributed by atoms with van der Waals surface area (Å²) in [5, 5.41) is 0. The minimum Gasteiger partial charge on any atom is -0.497 e. The highest BCUT2D eigenvalue weighted by Gasteiger charge is 2.44. The summed E-state index contributed by atoms with van der Waals surface area (Å²) in [6, 6.07) is 7.56. The summed E-state index contributed by atoms with van der Waals surface area (Å²) < 4.78 is 19.6. The van der Waals surface area contributed by atoms with Crippen molar-refractivity contribution in [1.29, 1.82) is 0 Å². The van der Waals surface area contributed by atoms with Crippen LogP contribution in [0.25, 0.3) is 0 Å². The maximum Gasteiger partial charge on any atom is 0.130 e. The van der Waals surface area contributed by atoms with Crippen molar-refractivity contribution in [3.05, 3.63) is 29.8 Å². The number of benzene rings is 1. The van der Waals surface area contributed by atoms with E-state index in [9.17, 15) is 4.39 Å². The van der Waals surface area contributed by atoms with Crippen molar-refractivity contribution in [2.45, 2.75) is 24.9 Å². The highest BCUT2D eigenvalue weighted by molar-refractivity contribution is 5.29. The number of ether oxygens (including phenoxy) is 1. The Kier molecular flexibility index (Phi) is 3.15. The van der Waals surface area contributed by atoms with E-state index in [0.29, 0.717) is 6.42 Å². The largest absolute Gasteiger partial charge is 0.497 e. The van der Waals surface area contributed by atoms with Gasteiger partial charge >= 0.3 is 0 Å². The molecule has 1 atom stereocenters. The molecular weight excluding hydrogens is 205 g/mol. The molecule has 0 amide bonds. The first-order chi connectivity index (χ1) is 7.68. The lowest BCUT2D eigenvalue weighted by Crippen LogP contribution is -2.37. The van der Waals surface area contributed by atoms with Gasteiger partial charge in [0.25, 0.3) is 0 Å². The van der Waals surface area contributed by atoms with E-state index in [1.807, 2.05) is 24.3 Å². The summed E-state index contributed by atoms with van der Waals surface area (Å²) in [5.74, 6) is 0.927. The number of halogens is 1. The van der Waals surface area contributed by atoms with E-state index in [1.54, 1.807) is 7.11 Å². The Balaban J connectivity index is 2.12. The molecule has 3 heteroatoms. The molecule has 1 aromatic rings. The maximum atomic E-state index is 14.5. The Bertz CT molecular complexity index is 365. The van der Waals surface area contributed by atoms with E-state index in [1.165, 1.54) is 0 Å². The lowest BCUT2D eigenvalue weighted by Gasteiger charge is -2.23. The van der Waals surface area contributed by atoms with Crippen LogP contribution in [0.4, 0.5) is 4.39 Å². The molecule has 88 valence electrons. The van der Waals surface area contributed by atoms with Crippen molar-refractivity contribution in [1.82, 2.24) is 0 Å². The number of alkyl halides is 1. The molecule has 0 saturated heterocycles. The lowest BCUT2D eigenvalue weighted by molar-refractivity contribution is 0.142. The van der Waals surface area contributed by atoms with E-state index in [0.717, 1.165) is 24.2 Å². The molecule has 0 aromatic heterocycles.